The van der Waals surface area contributed by atoms with Gasteiger partial charge in [0.05, 0.1) is 11.3 Å². The van der Waals surface area contributed by atoms with Crippen molar-refractivity contribution in [3.63, 3.8) is 0 Å². The molecule has 0 aromatic carbocycles. The van der Waals surface area contributed by atoms with Crippen LogP contribution in [0, 0.1) is 6.92 Å². The third kappa shape index (κ3) is 2.69. The Bertz CT molecular complexity index is 404. The highest BCUT2D eigenvalue weighted by Gasteiger charge is 2.33. The van der Waals surface area contributed by atoms with Gasteiger partial charge in [-0.3, -0.25) is 9.78 Å². The van der Waals surface area contributed by atoms with Crippen LogP contribution in [0.15, 0.2) is 6.20 Å². The maximum atomic E-state index is 12.1. The van der Waals surface area contributed by atoms with Crippen molar-refractivity contribution in [2.75, 3.05) is 0 Å². The molecule has 0 bridgehead atoms. The van der Waals surface area contributed by atoms with Gasteiger partial charge in [-0.1, -0.05) is 0 Å². The van der Waals surface area contributed by atoms with Crippen LogP contribution in [0.25, 0.3) is 0 Å². The Balaban J connectivity index is 3.26. The third-order valence-electron chi connectivity index (χ3n) is 1.93. The summed E-state index contributed by atoms with van der Waals surface area (Å²) in [6, 6.07) is 0. The van der Waals surface area contributed by atoms with E-state index in [9.17, 15) is 18.0 Å². The van der Waals surface area contributed by atoms with E-state index in [1.165, 1.54) is 6.92 Å². The molecule has 0 radical (unpaired) electrons. The molecule has 4 nitrogen and oxygen atoms in total. The van der Waals surface area contributed by atoms with E-state index in [1.54, 1.807) is 0 Å². The van der Waals surface area contributed by atoms with E-state index >= 15 is 0 Å². The second kappa shape index (κ2) is 4.48. The summed E-state index contributed by atoms with van der Waals surface area (Å²) in [7, 11) is 0. The highest BCUT2D eigenvalue weighted by atomic mass is 19.4. The number of nitrogens with zero attached hydrogens (tertiary/aromatic N) is 1. The molecule has 1 aromatic heterocycles. The van der Waals surface area contributed by atoms with Gasteiger partial charge in [0.15, 0.2) is 6.29 Å². The molecule has 0 saturated heterocycles. The predicted molar refractivity (Wildman–Crippen MR) is 48.9 cm³/mol. The van der Waals surface area contributed by atoms with E-state index in [0.29, 0.717) is 0 Å². The van der Waals surface area contributed by atoms with Crippen LogP contribution < -0.4 is 10.5 Å². The van der Waals surface area contributed by atoms with Crippen molar-refractivity contribution >= 4 is 6.29 Å². The van der Waals surface area contributed by atoms with Gasteiger partial charge in [-0.15, -0.1) is 13.2 Å². The molecule has 7 heteroatoms. The molecular weight excluding hydrogens is 225 g/mol. The monoisotopic (exact) mass is 234 g/mol. The number of hydrogen-bond acceptors (Lipinski definition) is 4. The van der Waals surface area contributed by atoms with E-state index in [0.717, 1.165) is 6.20 Å². The first-order valence-electron chi connectivity index (χ1n) is 4.28. The summed E-state index contributed by atoms with van der Waals surface area (Å²) in [6.45, 7) is 1.34. The quantitative estimate of drug-likeness (QED) is 0.806. The standard InChI is InChI=1S/C9H9F3N2O2/c1-5-7(2-13)14-3-6(4-15)8(5)16-9(10,11)12/h3-4H,2,13H2,1H3. The van der Waals surface area contributed by atoms with Crippen LogP contribution in [-0.4, -0.2) is 17.6 Å². The fourth-order valence-corrected chi connectivity index (χ4v) is 1.19. The van der Waals surface area contributed by atoms with E-state index in [1.807, 2.05) is 0 Å². The third-order valence-corrected chi connectivity index (χ3v) is 1.93. The van der Waals surface area contributed by atoms with E-state index in [-0.39, 0.29) is 29.7 Å². The van der Waals surface area contributed by atoms with E-state index in [4.69, 9.17) is 5.73 Å². The molecule has 2 N–H and O–H groups in total. The van der Waals surface area contributed by atoms with Gasteiger partial charge in [0.1, 0.15) is 5.75 Å². The summed E-state index contributed by atoms with van der Waals surface area (Å²) in [5, 5.41) is 0. The molecule has 0 amide bonds. The molecule has 1 rings (SSSR count). The zero-order valence-corrected chi connectivity index (χ0v) is 8.34. The molecule has 0 saturated carbocycles. The number of carbonyl (C=O) groups excluding carboxylic acids is 1. The average Bonchev–Trinajstić information content (AvgIpc) is 2.19. The van der Waals surface area contributed by atoms with Gasteiger partial charge in [-0.05, 0) is 6.92 Å². The molecule has 16 heavy (non-hydrogen) atoms. The molecule has 1 aromatic rings. The molecule has 0 spiro atoms. The van der Waals surface area contributed by atoms with E-state index in [2.05, 4.69) is 9.72 Å². The van der Waals surface area contributed by atoms with Gasteiger partial charge >= 0.3 is 6.36 Å². The number of aldehydes is 1. The topological polar surface area (TPSA) is 65.2 Å². The van der Waals surface area contributed by atoms with Crippen LogP contribution in [0.4, 0.5) is 13.2 Å². The van der Waals surface area contributed by atoms with Crippen molar-refractivity contribution in [1.82, 2.24) is 4.98 Å². The van der Waals surface area contributed by atoms with Gasteiger partial charge in [-0.2, -0.15) is 0 Å². The normalized spacial score (nSPS) is 11.3. The van der Waals surface area contributed by atoms with Crippen LogP contribution in [0.3, 0.4) is 0 Å². The Morgan fingerprint density at radius 1 is 1.56 bits per heavy atom. The number of carbonyl (C=O) groups is 1. The summed E-state index contributed by atoms with van der Waals surface area (Å²) >= 11 is 0. The fraction of sp³-hybridized carbons (Fsp3) is 0.333. The lowest BCUT2D eigenvalue weighted by atomic mass is 10.1. The van der Waals surface area contributed by atoms with Crippen molar-refractivity contribution in [2.45, 2.75) is 19.8 Å². The largest absolute Gasteiger partial charge is 0.573 e. The molecule has 0 aliphatic carbocycles. The minimum atomic E-state index is -4.85. The summed E-state index contributed by atoms with van der Waals surface area (Å²) in [6.07, 6.45) is -3.60. The van der Waals surface area contributed by atoms with Crippen molar-refractivity contribution in [3.05, 3.63) is 23.0 Å². The lowest BCUT2D eigenvalue weighted by Gasteiger charge is -2.14. The fourth-order valence-electron chi connectivity index (χ4n) is 1.19. The molecule has 0 aliphatic rings. The zero-order chi connectivity index (χ0) is 12.3. The first-order chi connectivity index (χ1) is 7.39. The SMILES string of the molecule is Cc1c(CN)ncc(C=O)c1OC(F)(F)F. The maximum Gasteiger partial charge on any atom is 0.573 e. The Hall–Kier alpha value is -1.63. The van der Waals surface area contributed by atoms with Crippen LogP contribution >= 0.6 is 0 Å². The van der Waals surface area contributed by atoms with Crippen LogP contribution in [0.5, 0.6) is 5.75 Å². The minimum Gasteiger partial charge on any atom is -0.405 e. The maximum absolute atomic E-state index is 12.1. The van der Waals surface area contributed by atoms with Crippen molar-refractivity contribution in [2.24, 2.45) is 5.73 Å². The van der Waals surface area contributed by atoms with Crippen LogP contribution in [0.2, 0.25) is 0 Å². The number of rotatable bonds is 3. The molecular formula is C9H9F3N2O2. The van der Waals surface area contributed by atoms with Crippen molar-refractivity contribution in [3.8, 4) is 5.75 Å². The average molecular weight is 234 g/mol. The second-order valence-corrected chi connectivity index (χ2v) is 2.98. The molecule has 0 fully saturated rings. The Morgan fingerprint density at radius 2 is 2.19 bits per heavy atom. The number of pyridine rings is 1. The number of alkyl halides is 3. The first-order valence-corrected chi connectivity index (χ1v) is 4.28. The number of halogens is 3. The highest BCUT2D eigenvalue weighted by Crippen LogP contribution is 2.29. The summed E-state index contributed by atoms with van der Waals surface area (Å²) in [5.41, 5.74) is 5.40. The molecule has 0 unspecified atom stereocenters. The predicted octanol–water partition coefficient (Wildman–Crippen LogP) is 1.56. The zero-order valence-electron chi connectivity index (χ0n) is 8.34. The molecule has 0 atom stereocenters. The minimum absolute atomic E-state index is 0.0286. The number of hydrogen-bond donors (Lipinski definition) is 1. The van der Waals surface area contributed by atoms with Gasteiger partial charge < -0.3 is 10.5 Å². The van der Waals surface area contributed by atoms with Crippen LogP contribution in [-0.2, 0) is 6.54 Å². The second-order valence-electron chi connectivity index (χ2n) is 2.98. The molecule has 0 aliphatic heterocycles. The molecule has 88 valence electrons. The van der Waals surface area contributed by atoms with E-state index < -0.39 is 12.1 Å². The Morgan fingerprint density at radius 3 is 2.62 bits per heavy atom. The molecule has 1 heterocycles. The Kier molecular flexibility index (Phi) is 3.48. The van der Waals surface area contributed by atoms with Crippen molar-refractivity contribution in [1.29, 1.82) is 0 Å². The number of aromatic nitrogens is 1. The summed E-state index contributed by atoms with van der Waals surface area (Å²) in [5.74, 6) is -0.544. The Labute approximate surface area is 89.2 Å². The number of ether oxygens (including phenoxy) is 1. The lowest BCUT2D eigenvalue weighted by molar-refractivity contribution is -0.274. The van der Waals surface area contributed by atoms with Gasteiger partial charge in [-0.25, -0.2) is 0 Å². The smallest absolute Gasteiger partial charge is 0.405 e. The number of nitrogens with two attached hydrogens (primary N) is 1. The first kappa shape index (κ1) is 12.4. The highest BCUT2D eigenvalue weighted by molar-refractivity contribution is 5.79. The van der Waals surface area contributed by atoms with Gasteiger partial charge in [0.2, 0.25) is 0 Å². The summed E-state index contributed by atoms with van der Waals surface area (Å²) < 4.78 is 40.0. The van der Waals surface area contributed by atoms with Gasteiger partial charge in [0, 0.05) is 18.3 Å². The summed E-state index contributed by atoms with van der Waals surface area (Å²) in [4.78, 5) is 14.3. The lowest BCUT2D eigenvalue weighted by Crippen LogP contribution is -2.20. The van der Waals surface area contributed by atoms with Crippen molar-refractivity contribution < 1.29 is 22.7 Å². The van der Waals surface area contributed by atoms with Gasteiger partial charge in [0.25, 0.3) is 0 Å². The van der Waals surface area contributed by atoms with Crippen LogP contribution in [0.1, 0.15) is 21.6 Å².